The molecule has 0 aliphatic carbocycles. The first-order valence-corrected chi connectivity index (χ1v) is 9.48. The van der Waals surface area contributed by atoms with Gasteiger partial charge in [0.25, 0.3) is 0 Å². The van der Waals surface area contributed by atoms with Crippen molar-refractivity contribution in [2.45, 2.75) is 32.4 Å². The number of aryl methyl sites for hydroxylation is 1. The summed E-state index contributed by atoms with van der Waals surface area (Å²) < 4.78 is 24.5. The summed E-state index contributed by atoms with van der Waals surface area (Å²) in [6.07, 6.45) is 2.74. The minimum Gasteiger partial charge on any atom is -0.334 e. The molecule has 2 heterocycles. The summed E-state index contributed by atoms with van der Waals surface area (Å²) in [5.41, 5.74) is 0.938. The molecule has 21 heavy (non-hydrogen) atoms. The van der Waals surface area contributed by atoms with Crippen LogP contribution in [-0.2, 0) is 16.6 Å². The Hall–Kier alpha value is -1.19. The number of amides is 2. The SMILES string of the molecule is Cc1csc(CNC(=O)N[C@@H]2CCCN(S(C)(=O)=O)C2)n1. The lowest BCUT2D eigenvalue weighted by Gasteiger charge is -2.31. The highest BCUT2D eigenvalue weighted by Crippen LogP contribution is 2.13. The minimum absolute atomic E-state index is 0.147. The molecule has 1 saturated heterocycles. The Labute approximate surface area is 128 Å². The third-order valence-corrected chi connectivity index (χ3v) is 5.49. The fourth-order valence-corrected chi connectivity index (χ4v) is 3.86. The van der Waals surface area contributed by atoms with Crippen LogP contribution in [0.25, 0.3) is 0 Å². The second-order valence-electron chi connectivity index (χ2n) is 5.17. The molecule has 0 radical (unpaired) electrons. The van der Waals surface area contributed by atoms with E-state index < -0.39 is 10.0 Å². The average molecular weight is 332 g/mol. The van der Waals surface area contributed by atoms with Gasteiger partial charge in [-0.2, -0.15) is 0 Å². The van der Waals surface area contributed by atoms with E-state index in [2.05, 4.69) is 15.6 Å². The summed E-state index contributed by atoms with van der Waals surface area (Å²) in [4.78, 5) is 16.1. The maximum absolute atomic E-state index is 11.8. The van der Waals surface area contributed by atoms with Crippen LogP contribution in [0.15, 0.2) is 5.38 Å². The maximum atomic E-state index is 11.8. The number of sulfonamides is 1. The van der Waals surface area contributed by atoms with Gasteiger partial charge in [-0.25, -0.2) is 22.5 Å². The van der Waals surface area contributed by atoms with Gasteiger partial charge in [0, 0.05) is 30.2 Å². The van der Waals surface area contributed by atoms with Crippen molar-refractivity contribution >= 4 is 27.4 Å². The van der Waals surface area contributed by atoms with Crippen molar-refractivity contribution < 1.29 is 13.2 Å². The van der Waals surface area contributed by atoms with E-state index in [0.717, 1.165) is 23.5 Å². The molecule has 2 rings (SSSR count). The number of hydrogen-bond donors (Lipinski definition) is 2. The number of rotatable bonds is 4. The number of urea groups is 1. The molecule has 0 spiro atoms. The number of piperidine rings is 1. The summed E-state index contributed by atoms with van der Waals surface area (Å²) in [7, 11) is -3.19. The van der Waals surface area contributed by atoms with Crippen LogP contribution in [0.1, 0.15) is 23.5 Å². The van der Waals surface area contributed by atoms with Crippen LogP contribution in [0.3, 0.4) is 0 Å². The third kappa shape index (κ3) is 4.94. The van der Waals surface area contributed by atoms with Crippen molar-refractivity contribution in [1.82, 2.24) is 19.9 Å². The summed E-state index contributed by atoms with van der Waals surface area (Å²) in [6, 6.07) is -0.435. The van der Waals surface area contributed by atoms with Crippen molar-refractivity contribution in [3.8, 4) is 0 Å². The lowest BCUT2D eigenvalue weighted by Crippen LogP contribution is -2.51. The normalized spacial score (nSPS) is 20.2. The van der Waals surface area contributed by atoms with Crippen molar-refractivity contribution in [1.29, 1.82) is 0 Å². The zero-order valence-electron chi connectivity index (χ0n) is 12.1. The fraction of sp³-hybridized carbons (Fsp3) is 0.667. The summed E-state index contributed by atoms with van der Waals surface area (Å²) in [6.45, 7) is 3.15. The van der Waals surface area contributed by atoms with Crippen molar-refractivity contribution in [2.75, 3.05) is 19.3 Å². The van der Waals surface area contributed by atoms with E-state index in [1.165, 1.54) is 21.9 Å². The Kier molecular flexibility index (Phi) is 5.17. The highest BCUT2D eigenvalue weighted by Gasteiger charge is 2.26. The molecule has 0 unspecified atom stereocenters. The van der Waals surface area contributed by atoms with Crippen LogP contribution in [0.2, 0.25) is 0 Å². The molecule has 1 aliphatic heterocycles. The number of thiazole rings is 1. The average Bonchev–Trinajstić information content (AvgIpc) is 2.82. The van der Waals surface area contributed by atoms with Gasteiger partial charge in [-0.3, -0.25) is 0 Å². The van der Waals surface area contributed by atoms with Gasteiger partial charge >= 0.3 is 6.03 Å². The standard InChI is InChI=1S/C12H20N4O3S2/c1-9-8-20-11(14-9)6-13-12(17)15-10-4-3-5-16(7-10)21(2,18)19/h8,10H,3-7H2,1-2H3,(H2,13,15,17)/t10-/m1/s1. The zero-order chi connectivity index (χ0) is 15.5. The van der Waals surface area contributed by atoms with Crippen molar-refractivity contribution in [3.63, 3.8) is 0 Å². The Bertz CT molecular complexity index is 599. The van der Waals surface area contributed by atoms with Crippen molar-refractivity contribution in [3.05, 3.63) is 16.1 Å². The van der Waals surface area contributed by atoms with Gasteiger partial charge in [0.2, 0.25) is 10.0 Å². The maximum Gasteiger partial charge on any atom is 0.315 e. The van der Waals surface area contributed by atoms with Crippen LogP contribution in [0, 0.1) is 6.92 Å². The molecule has 1 atom stereocenters. The second-order valence-corrected chi connectivity index (χ2v) is 8.09. The molecular formula is C12H20N4O3S2. The Morgan fingerprint density at radius 3 is 2.95 bits per heavy atom. The van der Waals surface area contributed by atoms with Crippen LogP contribution in [0.4, 0.5) is 4.79 Å². The first kappa shape index (κ1) is 16.2. The highest BCUT2D eigenvalue weighted by atomic mass is 32.2. The van der Waals surface area contributed by atoms with Gasteiger partial charge < -0.3 is 10.6 Å². The minimum atomic E-state index is -3.19. The van der Waals surface area contributed by atoms with E-state index in [9.17, 15) is 13.2 Å². The number of nitrogens with one attached hydrogen (secondary N) is 2. The van der Waals surface area contributed by atoms with E-state index in [1.807, 2.05) is 12.3 Å². The number of carbonyl (C=O) groups is 1. The molecular weight excluding hydrogens is 312 g/mol. The lowest BCUT2D eigenvalue weighted by molar-refractivity contribution is 0.225. The Morgan fingerprint density at radius 2 is 2.33 bits per heavy atom. The predicted molar refractivity (Wildman–Crippen MR) is 81.7 cm³/mol. The fourth-order valence-electron chi connectivity index (χ4n) is 2.24. The molecule has 0 saturated carbocycles. The third-order valence-electron chi connectivity index (χ3n) is 3.26. The molecule has 1 aromatic heterocycles. The molecule has 1 fully saturated rings. The van der Waals surface area contributed by atoms with Gasteiger partial charge in [-0.15, -0.1) is 11.3 Å². The topological polar surface area (TPSA) is 91.4 Å². The van der Waals surface area contributed by atoms with E-state index in [0.29, 0.717) is 19.6 Å². The van der Waals surface area contributed by atoms with E-state index in [1.54, 1.807) is 0 Å². The Morgan fingerprint density at radius 1 is 1.57 bits per heavy atom. The molecule has 2 amide bonds. The molecule has 2 N–H and O–H groups in total. The largest absolute Gasteiger partial charge is 0.334 e. The van der Waals surface area contributed by atoms with Crippen LogP contribution in [-0.4, -0.2) is 49.1 Å². The summed E-state index contributed by atoms with van der Waals surface area (Å²) >= 11 is 1.50. The molecule has 0 bridgehead atoms. The van der Waals surface area contributed by atoms with E-state index in [4.69, 9.17) is 0 Å². The van der Waals surface area contributed by atoms with Gasteiger partial charge in [-0.1, -0.05) is 0 Å². The van der Waals surface area contributed by atoms with Crippen LogP contribution >= 0.6 is 11.3 Å². The first-order chi connectivity index (χ1) is 9.84. The first-order valence-electron chi connectivity index (χ1n) is 6.75. The van der Waals surface area contributed by atoms with Gasteiger partial charge in [-0.05, 0) is 19.8 Å². The number of aromatic nitrogens is 1. The van der Waals surface area contributed by atoms with Gasteiger partial charge in [0.1, 0.15) is 5.01 Å². The molecule has 118 valence electrons. The van der Waals surface area contributed by atoms with Gasteiger partial charge in [0.05, 0.1) is 12.8 Å². The number of hydrogen-bond acceptors (Lipinski definition) is 5. The number of carbonyl (C=O) groups excluding carboxylic acids is 1. The Balaban J connectivity index is 1.79. The molecule has 1 aromatic rings. The highest BCUT2D eigenvalue weighted by molar-refractivity contribution is 7.88. The van der Waals surface area contributed by atoms with E-state index >= 15 is 0 Å². The van der Waals surface area contributed by atoms with E-state index in [-0.39, 0.29) is 12.1 Å². The number of nitrogens with zero attached hydrogens (tertiary/aromatic N) is 2. The zero-order valence-corrected chi connectivity index (χ0v) is 13.8. The second kappa shape index (κ2) is 6.71. The summed E-state index contributed by atoms with van der Waals surface area (Å²) in [5.74, 6) is 0. The van der Waals surface area contributed by atoms with Crippen molar-refractivity contribution in [2.24, 2.45) is 0 Å². The van der Waals surface area contributed by atoms with Crippen LogP contribution in [0.5, 0.6) is 0 Å². The molecule has 1 aliphatic rings. The monoisotopic (exact) mass is 332 g/mol. The van der Waals surface area contributed by atoms with Gasteiger partial charge in [0.15, 0.2) is 0 Å². The predicted octanol–water partition coefficient (Wildman–Crippen LogP) is 0.675. The molecule has 7 nitrogen and oxygen atoms in total. The smallest absolute Gasteiger partial charge is 0.315 e. The van der Waals surface area contributed by atoms with Crippen LogP contribution < -0.4 is 10.6 Å². The lowest BCUT2D eigenvalue weighted by atomic mass is 10.1. The quantitative estimate of drug-likeness (QED) is 0.848. The molecule has 0 aromatic carbocycles. The summed E-state index contributed by atoms with van der Waals surface area (Å²) in [5, 5.41) is 8.34. The molecule has 9 heteroatoms.